The Kier molecular flexibility index (Phi) is 7.06. The van der Waals surface area contributed by atoms with E-state index in [1.165, 1.54) is 7.05 Å². The topological polar surface area (TPSA) is 132 Å². The van der Waals surface area contributed by atoms with Gasteiger partial charge in [-0.2, -0.15) is 5.10 Å². The van der Waals surface area contributed by atoms with Crippen LogP contribution in [0.4, 0.5) is 11.5 Å². The molecule has 5 heterocycles. The molecule has 2 fully saturated rings. The highest BCUT2D eigenvalue weighted by Crippen LogP contribution is 2.42. The maximum absolute atomic E-state index is 13.2. The van der Waals surface area contributed by atoms with Crippen LogP contribution in [0.2, 0.25) is 0 Å². The fourth-order valence-electron chi connectivity index (χ4n) is 5.03. The average Bonchev–Trinajstić information content (AvgIpc) is 3.54. The summed E-state index contributed by atoms with van der Waals surface area (Å²) in [6.07, 6.45) is 9.09. The second-order valence-corrected chi connectivity index (χ2v) is 11.6. The molecule has 1 atom stereocenters. The van der Waals surface area contributed by atoms with Crippen molar-refractivity contribution in [1.82, 2.24) is 29.4 Å². The number of hydrogen-bond donors (Lipinski definition) is 2. The second kappa shape index (κ2) is 10.3. The number of nitrogen functional groups attached to an aromatic ring is 1. The SMILES string of the molecule is CNS(=O)(=O)c1nc(-c2ccc(N)nc2)cc(N2CCC[C@H]2C)c1Oc1cnn(C2CCN(C)CC2)c1. The summed E-state index contributed by atoms with van der Waals surface area (Å²) in [5.41, 5.74) is 7.58. The van der Waals surface area contributed by atoms with E-state index < -0.39 is 10.0 Å². The molecule has 3 aromatic heterocycles. The summed E-state index contributed by atoms with van der Waals surface area (Å²) >= 11 is 0. The van der Waals surface area contributed by atoms with Crippen molar-refractivity contribution < 1.29 is 13.2 Å². The van der Waals surface area contributed by atoms with E-state index in [0.717, 1.165) is 45.3 Å². The molecule has 0 spiro atoms. The van der Waals surface area contributed by atoms with Crippen molar-refractivity contribution in [2.24, 2.45) is 0 Å². The highest BCUT2D eigenvalue weighted by molar-refractivity contribution is 7.89. The first-order valence-corrected chi connectivity index (χ1v) is 14.1. The number of ether oxygens (including phenoxy) is 1. The number of pyridine rings is 2. The van der Waals surface area contributed by atoms with E-state index in [2.05, 4.69) is 43.6 Å². The highest BCUT2D eigenvalue weighted by Gasteiger charge is 2.32. The maximum atomic E-state index is 13.2. The normalized spacial score (nSPS) is 19.4. The third-order valence-corrected chi connectivity index (χ3v) is 8.57. The average molecular weight is 527 g/mol. The van der Waals surface area contributed by atoms with Crippen LogP contribution >= 0.6 is 0 Å². The van der Waals surface area contributed by atoms with Gasteiger partial charge in [0.2, 0.25) is 5.03 Å². The summed E-state index contributed by atoms with van der Waals surface area (Å²) in [5.74, 6) is 1.04. The third kappa shape index (κ3) is 5.27. The zero-order valence-corrected chi connectivity index (χ0v) is 22.3. The number of piperidine rings is 1. The first-order chi connectivity index (χ1) is 17.7. The van der Waals surface area contributed by atoms with Crippen LogP contribution in [0, 0.1) is 0 Å². The van der Waals surface area contributed by atoms with E-state index in [1.54, 1.807) is 24.5 Å². The summed E-state index contributed by atoms with van der Waals surface area (Å²) in [6.45, 7) is 4.93. The predicted molar refractivity (Wildman–Crippen MR) is 142 cm³/mol. The molecule has 198 valence electrons. The molecule has 12 heteroatoms. The third-order valence-electron chi connectivity index (χ3n) is 7.25. The van der Waals surface area contributed by atoms with E-state index in [9.17, 15) is 8.42 Å². The van der Waals surface area contributed by atoms with Gasteiger partial charge in [-0.15, -0.1) is 0 Å². The van der Waals surface area contributed by atoms with Crippen LogP contribution in [0.5, 0.6) is 11.5 Å². The highest BCUT2D eigenvalue weighted by atomic mass is 32.2. The van der Waals surface area contributed by atoms with E-state index in [-0.39, 0.29) is 22.9 Å². The van der Waals surface area contributed by atoms with Gasteiger partial charge < -0.3 is 20.3 Å². The molecule has 0 amide bonds. The summed E-state index contributed by atoms with van der Waals surface area (Å²) in [7, 11) is -0.477. The lowest BCUT2D eigenvalue weighted by Gasteiger charge is -2.29. The van der Waals surface area contributed by atoms with Gasteiger partial charge in [-0.05, 0) is 78.0 Å². The largest absolute Gasteiger partial charge is 0.449 e. The van der Waals surface area contributed by atoms with Crippen molar-refractivity contribution in [2.45, 2.75) is 49.7 Å². The quantitative estimate of drug-likeness (QED) is 0.477. The van der Waals surface area contributed by atoms with Gasteiger partial charge in [0.15, 0.2) is 11.5 Å². The molecule has 11 nitrogen and oxygen atoms in total. The lowest BCUT2D eigenvalue weighted by atomic mass is 10.1. The summed E-state index contributed by atoms with van der Waals surface area (Å²) < 4.78 is 37.2. The van der Waals surface area contributed by atoms with Crippen LogP contribution in [0.1, 0.15) is 38.6 Å². The fraction of sp³-hybridized carbons (Fsp3) is 0.480. The molecule has 0 saturated carbocycles. The smallest absolute Gasteiger partial charge is 0.261 e. The van der Waals surface area contributed by atoms with Gasteiger partial charge in [-0.3, -0.25) is 4.68 Å². The van der Waals surface area contributed by atoms with Gasteiger partial charge in [0.05, 0.1) is 29.8 Å². The Hall–Kier alpha value is -3.22. The number of nitrogens with two attached hydrogens (primary N) is 1. The number of sulfonamides is 1. The first kappa shape index (κ1) is 25.4. The Labute approximate surface area is 217 Å². The van der Waals surface area contributed by atoms with E-state index in [0.29, 0.717) is 28.5 Å². The van der Waals surface area contributed by atoms with Crippen molar-refractivity contribution in [2.75, 3.05) is 44.4 Å². The molecule has 37 heavy (non-hydrogen) atoms. The van der Waals surface area contributed by atoms with Gasteiger partial charge in [-0.25, -0.2) is 23.1 Å². The number of nitrogens with one attached hydrogen (secondary N) is 1. The number of likely N-dealkylation sites (tertiary alicyclic amines) is 1. The molecular weight excluding hydrogens is 492 g/mol. The Morgan fingerprint density at radius 3 is 2.57 bits per heavy atom. The van der Waals surface area contributed by atoms with Crippen LogP contribution in [0.15, 0.2) is 41.8 Å². The zero-order chi connectivity index (χ0) is 26.2. The summed E-state index contributed by atoms with van der Waals surface area (Å²) in [4.78, 5) is 13.2. The molecule has 0 unspecified atom stereocenters. The van der Waals surface area contributed by atoms with Crippen LogP contribution in [0.3, 0.4) is 0 Å². The number of nitrogens with zero attached hydrogens (tertiary/aromatic N) is 6. The fourth-order valence-corrected chi connectivity index (χ4v) is 5.83. The molecule has 0 radical (unpaired) electrons. The Bertz CT molecular complexity index is 1350. The van der Waals surface area contributed by atoms with Crippen LogP contribution in [-0.2, 0) is 10.0 Å². The summed E-state index contributed by atoms with van der Waals surface area (Å²) in [5, 5.41) is 4.37. The van der Waals surface area contributed by atoms with Crippen molar-refractivity contribution in [1.29, 1.82) is 0 Å². The van der Waals surface area contributed by atoms with Crippen molar-refractivity contribution in [3.63, 3.8) is 0 Å². The minimum Gasteiger partial charge on any atom is -0.449 e. The molecule has 0 aliphatic carbocycles. The number of aromatic nitrogens is 4. The van der Waals surface area contributed by atoms with E-state index in [1.807, 2.05) is 16.9 Å². The predicted octanol–water partition coefficient (Wildman–Crippen LogP) is 2.88. The van der Waals surface area contributed by atoms with Crippen molar-refractivity contribution in [3.05, 3.63) is 36.8 Å². The Balaban J connectivity index is 1.60. The lowest BCUT2D eigenvalue weighted by Crippen LogP contribution is -2.31. The number of hydrogen-bond acceptors (Lipinski definition) is 9. The second-order valence-electron chi connectivity index (χ2n) is 9.82. The van der Waals surface area contributed by atoms with Crippen LogP contribution < -0.4 is 20.1 Å². The van der Waals surface area contributed by atoms with Crippen molar-refractivity contribution >= 4 is 21.5 Å². The molecule has 0 aromatic carbocycles. The van der Waals surface area contributed by atoms with Gasteiger partial charge in [0, 0.05) is 24.3 Å². The lowest BCUT2D eigenvalue weighted by molar-refractivity contribution is 0.212. The van der Waals surface area contributed by atoms with Gasteiger partial charge in [-0.1, -0.05) is 0 Å². The minimum absolute atomic E-state index is 0.175. The van der Waals surface area contributed by atoms with Gasteiger partial charge in [0.1, 0.15) is 5.82 Å². The van der Waals surface area contributed by atoms with E-state index >= 15 is 0 Å². The van der Waals surface area contributed by atoms with Crippen LogP contribution in [0.25, 0.3) is 11.3 Å². The number of rotatable bonds is 7. The molecule has 3 aromatic rings. The molecule has 2 aliphatic heterocycles. The van der Waals surface area contributed by atoms with Gasteiger partial charge in [0.25, 0.3) is 10.0 Å². The molecule has 2 saturated heterocycles. The standard InChI is InChI=1S/C25H34N8O3S/c1-17-5-4-10-32(17)22-13-21(18-6-7-23(26)28-14-18)30-25(37(34,35)27-2)24(22)36-20-15-29-33(16-20)19-8-11-31(3)12-9-19/h6-7,13-17,19,27H,4-5,8-12H2,1-3H3,(H2,26,28)/t17-/m1/s1. The minimum atomic E-state index is -3.97. The maximum Gasteiger partial charge on any atom is 0.261 e. The molecule has 0 bridgehead atoms. The first-order valence-electron chi connectivity index (χ1n) is 12.6. The number of anilines is 2. The molecule has 3 N–H and O–H groups in total. The zero-order valence-electron chi connectivity index (χ0n) is 21.5. The van der Waals surface area contributed by atoms with E-state index in [4.69, 9.17) is 10.5 Å². The van der Waals surface area contributed by atoms with Gasteiger partial charge >= 0.3 is 0 Å². The summed E-state index contributed by atoms with van der Waals surface area (Å²) in [6, 6.07) is 5.83. The molecule has 2 aliphatic rings. The Morgan fingerprint density at radius 2 is 1.92 bits per heavy atom. The monoisotopic (exact) mass is 526 g/mol. The Morgan fingerprint density at radius 1 is 1.14 bits per heavy atom. The van der Waals surface area contributed by atoms with Crippen molar-refractivity contribution in [3.8, 4) is 22.8 Å². The van der Waals surface area contributed by atoms with Crippen LogP contribution in [-0.4, -0.2) is 72.8 Å². The molecular formula is C25H34N8O3S. The molecule has 5 rings (SSSR count).